The molecule has 0 saturated heterocycles. The molecule has 6 nitrogen and oxygen atoms in total. The smallest absolute Gasteiger partial charge is 0.271 e. The van der Waals surface area contributed by atoms with Crippen LogP contribution >= 0.6 is 11.3 Å². The fourth-order valence-corrected chi connectivity index (χ4v) is 5.02. The van der Waals surface area contributed by atoms with Crippen LogP contribution in [0.25, 0.3) is 31.7 Å². The van der Waals surface area contributed by atoms with Crippen LogP contribution in [-0.2, 0) is 17.8 Å². The molecule has 170 valence electrons. The van der Waals surface area contributed by atoms with Crippen LogP contribution in [0.3, 0.4) is 0 Å². The Kier molecular flexibility index (Phi) is 5.71. The zero-order chi connectivity index (χ0) is 23.8. The average molecular weight is 469 g/mol. The van der Waals surface area contributed by atoms with Gasteiger partial charge < -0.3 is 5.32 Å². The molecule has 0 saturated carbocycles. The van der Waals surface area contributed by atoms with Gasteiger partial charge in [0.25, 0.3) is 5.56 Å². The third-order valence-corrected chi connectivity index (χ3v) is 7.12. The van der Waals surface area contributed by atoms with E-state index in [9.17, 15) is 9.59 Å². The van der Waals surface area contributed by atoms with Gasteiger partial charge in [0, 0.05) is 16.6 Å². The van der Waals surface area contributed by atoms with Crippen LogP contribution in [-0.4, -0.2) is 20.4 Å². The predicted octanol–water partition coefficient (Wildman–Crippen LogP) is 5.49. The lowest BCUT2D eigenvalue weighted by Crippen LogP contribution is -2.27. The Labute approximate surface area is 200 Å². The molecule has 0 spiro atoms. The van der Waals surface area contributed by atoms with E-state index >= 15 is 0 Å². The number of fused-ring (bicyclic) bond motifs is 3. The van der Waals surface area contributed by atoms with Crippen molar-refractivity contribution in [3.05, 3.63) is 88.0 Å². The van der Waals surface area contributed by atoms with E-state index in [-0.39, 0.29) is 18.0 Å². The van der Waals surface area contributed by atoms with Gasteiger partial charge in [-0.25, -0.2) is 9.97 Å². The number of nitrogens with zero attached hydrogens (tertiary/aromatic N) is 3. The number of rotatable bonds is 5. The summed E-state index contributed by atoms with van der Waals surface area (Å²) in [5.74, 6) is -0.271. The van der Waals surface area contributed by atoms with Crippen LogP contribution in [0.1, 0.15) is 23.6 Å². The van der Waals surface area contributed by atoms with Crippen molar-refractivity contribution in [1.82, 2.24) is 14.5 Å². The molecule has 0 atom stereocenters. The number of aromatic nitrogens is 3. The van der Waals surface area contributed by atoms with Gasteiger partial charge in [-0.05, 0) is 67.3 Å². The van der Waals surface area contributed by atoms with E-state index in [4.69, 9.17) is 4.98 Å². The quantitative estimate of drug-likeness (QED) is 0.370. The molecule has 0 fully saturated rings. The van der Waals surface area contributed by atoms with Crippen molar-refractivity contribution >= 4 is 43.4 Å². The van der Waals surface area contributed by atoms with Gasteiger partial charge in [-0.15, -0.1) is 11.3 Å². The van der Waals surface area contributed by atoms with Crippen LogP contribution in [0.2, 0.25) is 0 Å². The molecule has 0 radical (unpaired) electrons. The Bertz CT molecular complexity index is 1620. The molecule has 0 aliphatic rings. The number of carbonyl (C=O) groups excluding carboxylic acids is 1. The minimum Gasteiger partial charge on any atom is -0.325 e. The van der Waals surface area contributed by atoms with Gasteiger partial charge in [-0.1, -0.05) is 31.2 Å². The lowest BCUT2D eigenvalue weighted by atomic mass is 10.0. The molecule has 0 unspecified atom stereocenters. The SMILES string of the molecule is CCc1cccc(NC(=O)Cn2cnc3c(sc4nc(-c5ccc(C)c(C)c5)ccc43)c2=O)c1. The van der Waals surface area contributed by atoms with E-state index in [1.807, 2.05) is 36.4 Å². The maximum Gasteiger partial charge on any atom is 0.271 e. The fraction of sp³-hybridized carbons (Fsp3) is 0.185. The van der Waals surface area contributed by atoms with E-state index in [1.165, 1.54) is 33.4 Å². The highest BCUT2D eigenvalue weighted by molar-refractivity contribution is 7.25. The monoisotopic (exact) mass is 468 g/mol. The first kappa shape index (κ1) is 22.0. The molecule has 0 aliphatic heterocycles. The highest BCUT2D eigenvalue weighted by atomic mass is 32.1. The van der Waals surface area contributed by atoms with Crippen LogP contribution in [0.5, 0.6) is 0 Å². The Hall–Kier alpha value is -3.84. The number of hydrogen-bond donors (Lipinski definition) is 1. The number of benzene rings is 2. The maximum atomic E-state index is 13.1. The van der Waals surface area contributed by atoms with E-state index in [1.54, 1.807) is 0 Å². The average Bonchev–Trinajstić information content (AvgIpc) is 3.21. The fourth-order valence-electron chi connectivity index (χ4n) is 3.95. The molecule has 1 amide bonds. The summed E-state index contributed by atoms with van der Waals surface area (Å²) in [7, 11) is 0. The summed E-state index contributed by atoms with van der Waals surface area (Å²) in [6.07, 6.45) is 2.32. The van der Waals surface area contributed by atoms with Gasteiger partial charge >= 0.3 is 0 Å². The Morgan fingerprint density at radius 2 is 1.91 bits per heavy atom. The summed E-state index contributed by atoms with van der Waals surface area (Å²) in [6, 6.07) is 17.9. The van der Waals surface area contributed by atoms with Gasteiger partial charge in [0.05, 0.1) is 17.5 Å². The van der Waals surface area contributed by atoms with Gasteiger partial charge in [-0.2, -0.15) is 0 Å². The molecule has 1 N–H and O–H groups in total. The van der Waals surface area contributed by atoms with Crippen molar-refractivity contribution in [2.75, 3.05) is 5.32 Å². The first-order valence-corrected chi connectivity index (χ1v) is 12.0. The summed E-state index contributed by atoms with van der Waals surface area (Å²) in [6.45, 7) is 6.13. The molecule has 2 aromatic carbocycles. The highest BCUT2D eigenvalue weighted by Gasteiger charge is 2.15. The minimum absolute atomic E-state index is 0.103. The molecule has 3 aromatic heterocycles. The summed E-state index contributed by atoms with van der Waals surface area (Å²) >= 11 is 1.32. The molecule has 0 aliphatic carbocycles. The number of aryl methyl sites for hydroxylation is 3. The van der Waals surface area contributed by atoms with Crippen molar-refractivity contribution in [2.45, 2.75) is 33.7 Å². The summed E-state index contributed by atoms with van der Waals surface area (Å²) in [4.78, 5) is 35.8. The molecular formula is C27H24N4O2S. The maximum absolute atomic E-state index is 13.1. The van der Waals surface area contributed by atoms with E-state index < -0.39 is 0 Å². The van der Waals surface area contributed by atoms with Crippen molar-refractivity contribution in [3.63, 3.8) is 0 Å². The lowest BCUT2D eigenvalue weighted by molar-refractivity contribution is -0.116. The zero-order valence-electron chi connectivity index (χ0n) is 19.3. The number of anilines is 1. The Balaban J connectivity index is 1.46. The Morgan fingerprint density at radius 3 is 2.71 bits per heavy atom. The van der Waals surface area contributed by atoms with Crippen LogP contribution < -0.4 is 10.9 Å². The van der Waals surface area contributed by atoms with Gasteiger partial charge in [-0.3, -0.25) is 14.2 Å². The predicted molar refractivity (Wildman–Crippen MR) is 139 cm³/mol. The minimum atomic E-state index is -0.271. The summed E-state index contributed by atoms with van der Waals surface area (Å²) < 4.78 is 1.85. The Morgan fingerprint density at radius 1 is 1.06 bits per heavy atom. The van der Waals surface area contributed by atoms with Crippen molar-refractivity contribution in [3.8, 4) is 11.3 Å². The topological polar surface area (TPSA) is 76.9 Å². The number of pyridine rings is 1. The molecule has 34 heavy (non-hydrogen) atoms. The molecule has 7 heteroatoms. The molecular weight excluding hydrogens is 444 g/mol. The van der Waals surface area contributed by atoms with E-state index in [0.717, 1.165) is 39.1 Å². The normalized spacial score (nSPS) is 11.3. The molecule has 5 aromatic rings. The second-order valence-electron chi connectivity index (χ2n) is 8.41. The van der Waals surface area contributed by atoms with Gasteiger partial charge in [0.15, 0.2) is 0 Å². The lowest BCUT2D eigenvalue weighted by Gasteiger charge is -2.08. The third-order valence-electron chi connectivity index (χ3n) is 6.05. The number of nitrogens with one attached hydrogen (secondary N) is 1. The first-order chi connectivity index (χ1) is 16.4. The number of carbonyl (C=O) groups is 1. The third kappa shape index (κ3) is 4.10. The molecule has 3 heterocycles. The molecule has 0 bridgehead atoms. The van der Waals surface area contributed by atoms with E-state index in [0.29, 0.717) is 10.2 Å². The second kappa shape index (κ2) is 8.83. The van der Waals surface area contributed by atoms with Crippen LogP contribution in [0.15, 0.2) is 65.7 Å². The number of hydrogen-bond acceptors (Lipinski definition) is 5. The van der Waals surface area contributed by atoms with Crippen molar-refractivity contribution in [1.29, 1.82) is 0 Å². The summed E-state index contributed by atoms with van der Waals surface area (Å²) in [5, 5.41) is 3.71. The van der Waals surface area contributed by atoms with Gasteiger partial charge in [0.1, 0.15) is 16.1 Å². The van der Waals surface area contributed by atoms with Crippen molar-refractivity contribution < 1.29 is 4.79 Å². The second-order valence-corrected chi connectivity index (χ2v) is 9.41. The van der Waals surface area contributed by atoms with Gasteiger partial charge in [0.2, 0.25) is 5.91 Å². The largest absolute Gasteiger partial charge is 0.325 e. The number of amides is 1. The standard InChI is InChI=1S/C27H24N4O2S/c1-4-18-6-5-7-20(13-18)29-23(32)14-31-15-28-24-21-10-11-22(19-9-8-16(2)17(3)12-19)30-26(21)34-25(24)27(31)33/h5-13,15H,4,14H2,1-3H3,(H,29,32). The van der Waals surface area contributed by atoms with Crippen molar-refractivity contribution in [2.24, 2.45) is 0 Å². The van der Waals surface area contributed by atoms with E-state index in [2.05, 4.69) is 49.3 Å². The first-order valence-electron chi connectivity index (χ1n) is 11.2. The summed E-state index contributed by atoms with van der Waals surface area (Å²) in [5.41, 5.74) is 6.58. The molecule has 5 rings (SSSR count). The highest BCUT2D eigenvalue weighted by Crippen LogP contribution is 2.31. The van der Waals surface area contributed by atoms with Crippen LogP contribution in [0, 0.1) is 13.8 Å². The number of thiophene rings is 1. The van der Waals surface area contributed by atoms with Crippen LogP contribution in [0.4, 0.5) is 5.69 Å². The zero-order valence-corrected chi connectivity index (χ0v) is 20.1.